The van der Waals surface area contributed by atoms with E-state index in [4.69, 9.17) is 11.0 Å². The second-order valence-corrected chi connectivity index (χ2v) is 4.95. The SMILES string of the molecule is CC(=O)NC(C)C(=O)CSCCN=C(N)N(C)C#N. The summed E-state index contributed by atoms with van der Waals surface area (Å²) in [6.07, 6.45) is 1.83. The van der Waals surface area contributed by atoms with Crippen molar-refractivity contribution in [1.29, 1.82) is 5.26 Å². The van der Waals surface area contributed by atoms with E-state index < -0.39 is 6.04 Å². The van der Waals surface area contributed by atoms with Crippen LogP contribution in [-0.4, -0.2) is 53.7 Å². The van der Waals surface area contributed by atoms with Crippen molar-refractivity contribution in [1.82, 2.24) is 10.2 Å². The number of amides is 1. The molecule has 3 N–H and O–H groups in total. The summed E-state index contributed by atoms with van der Waals surface area (Å²) in [5, 5.41) is 11.1. The van der Waals surface area contributed by atoms with E-state index in [1.807, 2.05) is 6.19 Å². The molecule has 0 heterocycles. The summed E-state index contributed by atoms with van der Waals surface area (Å²) >= 11 is 1.41. The van der Waals surface area contributed by atoms with Gasteiger partial charge in [0.05, 0.1) is 18.3 Å². The number of rotatable bonds is 7. The average Bonchev–Trinajstić information content (AvgIpc) is 2.35. The van der Waals surface area contributed by atoms with Crippen LogP contribution in [0.1, 0.15) is 13.8 Å². The van der Waals surface area contributed by atoms with Gasteiger partial charge >= 0.3 is 0 Å². The van der Waals surface area contributed by atoms with Crippen LogP contribution >= 0.6 is 11.8 Å². The number of nitrogens with zero attached hydrogens (tertiary/aromatic N) is 3. The Hall–Kier alpha value is -1.75. The molecule has 0 aromatic carbocycles. The third-order valence-corrected chi connectivity index (χ3v) is 3.11. The Labute approximate surface area is 117 Å². The van der Waals surface area contributed by atoms with E-state index in [-0.39, 0.29) is 17.6 Å². The summed E-state index contributed by atoms with van der Waals surface area (Å²) in [7, 11) is 1.52. The fourth-order valence-electron chi connectivity index (χ4n) is 1.07. The molecule has 0 aliphatic rings. The lowest BCUT2D eigenvalue weighted by Crippen LogP contribution is -2.38. The number of carbonyl (C=O) groups is 2. The summed E-state index contributed by atoms with van der Waals surface area (Å²) in [5.41, 5.74) is 5.50. The van der Waals surface area contributed by atoms with E-state index in [1.54, 1.807) is 6.92 Å². The molecule has 0 saturated heterocycles. The Bertz CT molecular complexity index is 391. The molecule has 1 amide bonds. The van der Waals surface area contributed by atoms with Crippen LogP contribution in [-0.2, 0) is 9.59 Å². The number of ketones is 1. The van der Waals surface area contributed by atoms with Gasteiger partial charge in [0.1, 0.15) is 0 Å². The van der Waals surface area contributed by atoms with Gasteiger partial charge in [-0.25, -0.2) is 0 Å². The number of hydrogen-bond donors (Lipinski definition) is 2. The van der Waals surface area contributed by atoms with Crippen LogP contribution in [0.3, 0.4) is 0 Å². The number of carbonyl (C=O) groups excluding carboxylic acids is 2. The molecule has 0 spiro atoms. The molecule has 106 valence electrons. The van der Waals surface area contributed by atoms with Crippen molar-refractivity contribution in [3.8, 4) is 6.19 Å². The van der Waals surface area contributed by atoms with Crippen molar-refractivity contribution in [2.75, 3.05) is 25.1 Å². The molecular formula is C11H19N5O2S. The second kappa shape index (κ2) is 9.22. The van der Waals surface area contributed by atoms with E-state index in [9.17, 15) is 9.59 Å². The maximum absolute atomic E-state index is 11.6. The van der Waals surface area contributed by atoms with Crippen molar-refractivity contribution in [2.45, 2.75) is 19.9 Å². The van der Waals surface area contributed by atoms with Crippen LogP contribution < -0.4 is 11.1 Å². The number of nitriles is 1. The first kappa shape index (κ1) is 17.2. The largest absolute Gasteiger partial charge is 0.369 e. The monoisotopic (exact) mass is 285 g/mol. The standard InChI is InChI=1S/C11H19N5O2S/c1-8(15-9(2)17)10(18)6-19-5-4-14-11(13)16(3)7-12/h8H,4-6H2,1-3H3,(H2,13,14)(H,15,17). The zero-order chi connectivity index (χ0) is 14.8. The van der Waals surface area contributed by atoms with Gasteiger partial charge in [0.2, 0.25) is 11.9 Å². The Morgan fingerprint density at radius 2 is 2.21 bits per heavy atom. The highest BCUT2D eigenvalue weighted by molar-refractivity contribution is 7.99. The molecular weight excluding hydrogens is 266 g/mol. The van der Waals surface area contributed by atoms with Gasteiger partial charge in [-0.2, -0.15) is 17.0 Å². The van der Waals surface area contributed by atoms with Crippen LogP contribution in [0.5, 0.6) is 0 Å². The lowest BCUT2D eigenvalue weighted by atomic mass is 10.2. The fourth-order valence-corrected chi connectivity index (χ4v) is 1.88. The highest BCUT2D eigenvalue weighted by atomic mass is 32.2. The summed E-state index contributed by atoms with van der Waals surface area (Å²) in [4.78, 5) is 27.5. The summed E-state index contributed by atoms with van der Waals surface area (Å²) in [6.45, 7) is 3.47. The number of thioether (sulfide) groups is 1. The van der Waals surface area contributed by atoms with Crippen molar-refractivity contribution >= 4 is 29.4 Å². The Kier molecular flexibility index (Phi) is 8.37. The molecule has 0 aliphatic heterocycles. The van der Waals surface area contributed by atoms with Gasteiger partial charge < -0.3 is 11.1 Å². The smallest absolute Gasteiger partial charge is 0.217 e. The van der Waals surface area contributed by atoms with Crippen LogP contribution in [0, 0.1) is 11.5 Å². The van der Waals surface area contributed by atoms with Gasteiger partial charge in [-0.3, -0.25) is 19.5 Å². The number of Topliss-reactive ketones (excluding diaryl/α,β-unsaturated/α-hetero) is 1. The van der Waals surface area contributed by atoms with Gasteiger partial charge in [-0.05, 0) is 6.92 Å². The zero-order valence-electron chi connectivity index (χ0n) is 11.3. The fraction of sp³-hybridized carbons (Fsp3) is 0.636. The summed E-state index contributed by atoms with van der Waals surface area (Å²) in [6, 6.07) is -0.469. The van der Waals surface area contributed by atoms with Gasteiger partial charge in [-0.15, -0.1) is 0 Å². The minimum atomic E-state index is -0.469. The zero-order valence-corrected chi connectivity index (χ0v) is 12.2. The highest BCUT2D eigenvalue weighted by Crippen LogP contribution is 2.02. The van der Waals surface area contributed by atoms with E-state index in [0.717, 1.165) is 4.90 Å². The summed E-state index contributed by atoms with van der Waals surface area (Å²) in [5.74, 6) is 0.832. The molecule has 0 aromatic rings. The van der Waals surface area contributed by atoms with E-state index in [1.165, 1.54) is 25.7 Å². The number of nitrogens with one attached hydrogen (secondary N) is 1. The first-order valence-electron chi connectivity index (χ1n) is 5.69. The lowest BCUT2D eigenvalue weighted by molar-refractivity contribution is -0.125. The van der Waals surface area contributed by atoms with Gasteiger partial charge in [0, 0.05) is 19.7 Å². The van der Waals surface area contributed by atoms with Crippen molar-refractivity contribution in [2.24, 2.45) is 10.7 Å². The molecule has 0 aromatic heterocycles. The van der Waals surface area contributed by atoms with E-state index in [2.05, 4.69) is 10.3 Å². The number of guanidine groups is 1. The molecule has 7 nitrogen and oxygen atoms in total. The topological polar surface area (TPSA) is 112 Å². The predicted octanol–water partition coefficient (Wildman–Crippen LogP) is -0.459. The van der Waals surface area contributed by atoms with Crippen molar-refractivity contribution in [3.63, 3.8) is 0 Å². The number of nitrogens with two attached hydrogens (primary N) is 1. The minimum Gasteiger partial charge on any atom is -0.369 e. The van der Waals surface area contributed by atoms with Crippen LogP contribution in [0.25, 0.3) is 0 Å². The van der Waals surface area contributed by atoms with Crippen molar-refractivity contribution in [3.05, 3.63) is 0 Å². The molecule has 0 saturated carbocycles. The maximum Gasteiger partial charge on any atom is 0.217 e. The number of aliphatic imine (C=N–C) groups is 1. The van der Waals surface area contributed by atoms with Gasteiger partial charge in [-0.1, -0.05) is 0 Å². The normalized spacial score (nSPS) is 12.4. The van der Waals surface area contributed by atoms with Crippen LogP contribution in [0.2, 0.25) is 0 Å². The third kappa shape index (κ3) is 8.05. The average molecular weight is 285 g/mol. The Morgan fingerprint density at radius 3 is 2.74 bits per heavy atom. The molecule has 0 rings (SSSR count). The molecule has 8 heteroatoms. The Morgan fingerprint density at radius 1 is 1.58 bits per heavy atom. The van der Waals surface area contributed by atoms with Gasteiger partial charge in [0.15, 0.2) is 12.0 Å². The third-order valence-electron chi connectivity index (χ3n) is 2.15. The lowest BCUT2D eigenvalue weighted by Gasteiger charge is -2.10. The molecule has 0 aliphatic carbocycles. The second-order valence-electron chi connectivity index (χ2n) is 3.84. The van der Waals surface area contributed by atoms with E-state index in [0.29, 0.717) is 18.1 Å². The molecule has 0 fully saturated rings. The molecule has 1 atom stereocenters. The maximum atomic E-state index is 11.6. The number of hydrogen-bond acceptors (Lipinski definition) is 5. The van der Waals surface area contributed by atoms with E-state index >= 15 is 0 Å². The first-order valence-corrected chi connectivity index (χ1v) is 6.85. The summed E-state index contributed by atoms with van der Waals surface area (Å²) < 4.78 is 0. The van der Waals surface area contributed by atoms with Crippen LogP contribution in [0.4, 0.5) is 0 Å². The molecule has 0 radical (unpaired) electrons. The minimum absolute atomic E-state index is 0.0358. The molecule has 19 heavy (non-hydrogen) atoms. The molecule has 0 bridgehead atoms. The first-order chi connectivity index (χ1) is 8.88. The Balaban J connectivity index is 3.84. The molecule has 1 unspecified atom stereocenters. The highest BCUT2D eigenvalue weighted by Gasteiger charge is 2.12. The quantitative estimate of drug-likeness (QED) is 0.215. The van der Waals surface area contributed by atoms with Crippen LogP contribution in [0.15, 0.2) is 4.99 Å². The predicted molar refractivity (Wildman–Crippen MR) is 75.5 cm³/mol. The van der Waals surface area contributed by atoms with Gasteiger partial charge in [0.25, 0.3) is 0 Å². The van der Waals surface area contributed by atoms with Crippen molar-refractivity contribution < 1.29 is 9.59 Å².